The van der Waals surface area contributed by atoms with Crippen LogP contribution in [0.1, 0.15) is 58.7 Å². The molecule has 3 N–H and O–H groups in total. The minimum Gasteiger partial charge on any atom is -0.390 e. The van der Waals surface area contributed by atoms with E-state index in [9.17, 15) is 5.11 Å². The second-order valence-corrected chi connectivity index (χ2v) is 9.93. The molecule has 9 heteroatoms. The van der Waals surface area contributed by atoms with Gasteiger partial charge < -0.3 is 20.5 Å². The number of hydrogen-bond donors (Lipinski definition) is 3. The fourth-order valence-electron chi connectivity index (χ4n) is 3.78. The van der Waals surface area contributed by atoms with Gasteiger partial charge in [-0.2, -0.15) is 4.98 Å². The van der Waals surface area contributed by atoms with Crippen molar-refractivity contribution in [3.05, 3.63) is 29.7 Å². The summed E-state index contributed by atoms with van der Waals surface area (Å²) in [5.74, 6) is 2.24. The Morgan fingerprint density at radius 3 is 2.71 bits per heavy atom. The van der Waals surface area contributed by atoms with E-state index in [2.05, 4.69) is 41.2 Å². The normalized spacial score (nSPS) is 13.4. The largest absolute Gasteiger partial charge is 0.390 e. The summed E-state index contributed by atoms with van der Waals surface area (Å²) in [6.07, 6.45) is 5.21. The Kier molecular flexibility index (Phi) is 11.2. The molecule has 0 aliphatic heterocycles. The van der Waals surface area contributed by atoms with E-state index in [1.807, 2.05) is 33.8 Å². The number of aliphatic imine (C=N–C) groups is 1. The minimum absolute atomic E-state index is 0.122. The summed E-state index contributed by atoms with van der Waals surface area (Å²) in [4.78, 5) is 18.7. The molecular formula is C25H40N6O2S. The number of anilines is 2. The molecule has 0 radical (unpaired) electrons. The topological polar surface area (TPSA) is 105 Å². The quantitative estimate of drug-likeness (QED) is 0.178. The van der Waals surface area contributed by atoms with Crippen LogP contribution >= 0.6 is 11.8 Å². The van der Waals surface area contributed by atoms with Crippen LogP contribution in [0.25, 0.3) is 0 Å². The summed E-state index contributed by atoms with van der Waals surface area (Å²) in [5, 5.41) is 17.4. The molecule has 0 fully saturated rings. The molecule has 2 rings (SSSR count). The first-order valence-corrected chi connectivity index (χ1v) is 12.9. The number of hydrogen-bond acceptors (Lipinski definition) is 9. The lowest BCUT2D eigenvalue weighted by Crippen LogP contribution is -2.34. The Bertz CT molecular complexity index is 919. The number of nitrogens with one attached hydrogen (secondary N) is 2. The number of aryl methyl sites for hydroxylation is 1. The number of aromatic nitrogens is 3. The lowest BCUT2D eigenvalue weighted by atomic mass is 9.84. The smallest absolute Gasteiger partial charge is 0.224 e. The molecule has 8 nitrogen and oxygen atoms in total. The van der Waals surface area contributed by atoms with Gasteiger partial charge >= 0.3 is 0 Å². The standard InChI is InChI=1S/C25H40N6O2S/c1-8-19(25(5,6)32)14-17(3)29-23-20(16-34-22-10-11-27-15-21(22)26-7)18(4)30-24(31-23)28-12-13-33-9-2/h10-11,15,17,19,32H,7-9,12-14,16H2,1-6H3,(H2,28,29,30,31). The van der Waals surface area contributed by atoms with Crippen LogP contribution in [0.15, 0.2) is 28.3 Å². The fourth-order valence-corrected chi connectivity index (χ4v) is 4.85. The van der Waals surface area contributed by atoms with Crippen molar-refractivity contribution in [2.24, 2.45) is 10.9 Å². The van der Waals surface area contributed by atoms with Crippen molar-refractivity contribution in [3.8, 4) is 0 Å². The Hall–Kier alpha value is -2.23. The third-order valence-electron chi connectivity index (χ3n) is 5.76. The third-order valence-corrected chi connectivity index (χ3v) is 6.85. The van der Waals surface area contributed by atoms with Gasteiger partial charge in [0.1, 0.15) is 5.82 Å². The lowest BCUT2D eigenvalue weighted by molar-refractivity contribution is 0.0100. The molecule has 2 atom stereocenters. The minimum atomic E-state index is -0.730. The van der Waals surface area contributed by atoms with E-state index in [4.69, 9.17) is 14.7 Å². The zero-order valence-corrected chi connectivity index (χ0v) is 22.2. The Morgan fingerprint density at radius 1 is 1.29 bits per heavy atom. The maximum absolute atomic E-state index is 10.5. The van der Waals surface area contributed by atoms with Crippen molar-refractivity contribution in [1.29, 1.82) is 0 Å². The Balaban J connectivity index is 2.27. The number of ether oxygens (including phenoxy) is 1. The fraction of sp³-hybridized carbons (Fsp3) is 0.600. The van der Waals surface area contributed by atoms with Crippen LogP contribution in [-0.2, 0) is 10.5 Å². The van der Waals surface area contributed by atoms with Gasteiger partial charge in [0.05, 0.1) is 24.1 Å². The molecule has 2 unspecified atom stereocenters. The van der Waals surface area contributed by atoms with Crippen LogP contribution in [0, 0.1) is 12.8 Å². The van der Waals surface area contributed by atoms with Gasteiger partial charge in [-0.05, 0) is 59.7 Å². The van der Waals surface area contributed by atoms with E-state index >= 15 is 0 Å². The van der Waals surface area contributed by atoms with Gasteiger partial charge in [0.2, 0.25) is 5.95 Å². The maximum atomic E-state index is 10.5. The van der Waals surface area contributed by atoms with Crippen LogP contribution in [-0.4, -0.2) is 58.2 Å². The van der Waals surface area contributed by atoms with E-state index < -0.39 is 5.60 Å². The Labute approximate surface area is 208 Å². The molecule has 2 aromatic rings. The maximum Gasteiger partial charge on any atom is 0.224 e. The number of rotatable bonds is 15. The molecule has 0 aliphatic rings. The molecule has 34 heavy (non-hydrogen) atoms. The van der Waals surface area contributed by atoms with Crippen molar-refractivity contribution in [2.75, 3.05) is 30.4 Å². The van der Waals surface area contributed by atoms with Crippen molar-refractivity contribution in [3.63, 3.8) is 0 Å². The van der Waals surface area contributed by atoms with Crippen molar-refractivity contribution in [2.45, 2.75) is 76.7 Å². The molecule has 2 aromatic heterocycles. The first-order valence-electron chi connectivity index (χ1n) is 11.9. The van der Waals surface area contributed by atoms with Gasteiger partial charge in [0.15, 0.2) is 0 Å². The highest BCUT2D eigenvalue weighted by Crippen LogP contribution is 2.34. The summed E-state index contributed by atoms with van der Waals surface area (Å²) in [5.41, 5.74) is 1.98. The molecule has 0 saturated heterocycles. The van der Waals surface area contributed by atoms with Crippen molar-refractivity contribution < 1.29 is 9.84 Å². The zero-order chi connectivity index (χ0) is 25.1. The van der Waals surface area contributed by atoms with E-state index in [1.165, 1.54) is 0 Å². The first kappa shape index (κ1) is 28.0. The number of thioether (sulfide) groups is 1. The second kappa shape index (κ2) is 13.6. The molecule has 188 valence electrons. The van der Waals surface area contributed by atoms with Gasteiger partial charge in [0.25, 0.3) is 0 Å². The van der Waals surface area contributed by atoms with E-state index in [-0.39, 0.29) is 12.0 Å². The molecule has 2 heterocycles. The summed E-state index contributed by atoms with van der Waals surface area (Å²) in [7, 11) is 0. The van der Waals surface area contributed by atoms with Crippen LogP contribution < -0.4 is 10.6 Å². The van der Waals surface area contributed by atoms with Gasteiger partial charge in [-0.1, -0.05) is 13.3 Å². The molecule has 0 bridgehead atoms. The molecular weight excluding hydrogens is 448 g/mol. The number of nitrogens with zero attached hydrogens (tertiary/aromatic N) is 4. The summed E-state index contributed by atoms with van der Waals surface area (Å²) < 4.78 is 5.42. The van der Waals surface area contributed by atoms with E-state index in [1.54, 1.807) is 24.2 Å². The molecule has 0 aromatic carbocycles. The van der Waals surface area contributed by atoms with Gasteiger partial charge in [-0.25, -0.2) is 4.98 Å². The lowest BCUT2D eigenvalue weighted by Gasteiger charge is -2.31. The zero-order valence-electron chi connectivity index (χ0n) is 21.4. The van der Waals surface area contributed by atoms with Crippen LogP contribution in [0.2, 0.25) is 0 Å². The average Bonchev–Trinajstić information content (AvgIpc) is 2.79. The monoisotopic (exact) mass is 488 g/mol. The SMILES string of the molecule is C=Nc1cnccc1SCc1c(C)nc(NCCOCC)nc1NC(C)CC(CC)C(C)(C)O. The highest BCUT2D eigenvalue weighted by atomic mass is 32.2. The van der Waals surface area contributed by atoms with Crippen molar-refractivity contribution >= 4 is 35.9 Å². The summed E-state index contributed by atoms with van der Waals surface area (Å²) >= 11 is 1.66. The number of aliphatic hydroxyl groups is 1. The van der Waals surface area contributed by atoms with Gasteiger partial charge in [0, 0.05) is 47.3 Å². The van der Waals surface area contributed by atoms with Crippen LogP contribution in [0.5, 0.6) is 0 Å². The molecule has 0 spiro atoms. The predicted octanol–water partition coefficient (Wildman–Crippen LogP) is 5.24. The van der Waals surface area contributed by atoms with E-state index in [0.29, 0.717) is 31.5 Å². The van der Waals surface area contributed by atoms with E-state index in [0.717, 1.165) is 40.5 Å². The highest BCUT2D eigenvalue weighted by molar-refractivity contribution is 7.98. The summed E-state index contributed by atoms with van der Waals surface area (Å²) in [6.45, 7) is 17.6. The van der Waals surface area contributed by atoms with Gasteiger partial charge in [-0.15, -0.1) is 11.8 Å². The molecule has 0 saturated carbocycles. The predicted molar refractivity (Wildman–Crippen MR) is 143 cm³/mol. The van der Waals surface area contributed by atoms with Gasteiger partial charge in [-0.3, -0.25) is 9.98 Å². The van der Waals surface area contributed by atoms with Crippen molar-refractivity contribution in [1.82, 2.24) is 15.0 Å². The number of pyridine rings is 1. The average molecular weight is 489 g/mol. The molecule has 0 amide bonds. The van der Waals surface area contributed by atoms with Crippen LogP contribution in [0.3, 0.4) is 0 Å². The third kappa shape index (κ3) is 8.52. The second-order valence-electron chi connectivity index (χ2n) is 8.91. The molecule has 0 aliphatic carbocycles. The Morgan fingerprint density at radius 2 is 2.06 bits per heavy atom. The first-order chi connectivity index (χ1) is 16.2. The summed E-state index contributed by atoms with van der Waals surface area (Å²) in [6, 6.07) is 2.07. The highest BCUT2D eigenvalue weighted by Gasteiger charge is 2.27. The van der Waals surface area contributed by atoms with Crippen LogP contribution in [0.4, 0.5) is 17.5 Å².